The van der Waals surface area contributed by atoms with Crippen LogP contribution in [0.15, 0.2) is 6.20 Å². The van der Waals surface area contributed by atoms with E-state index in [1.807, 2.05) is 0 Å². The summed E-state index contributed by atoms with van der Waals surface area (Å²) in [5.41, 5.74) is -0.122. The molecule has 1 atom stereocenters. The molecule has 9 heteroatoms. The van der Waals surface area contributed by atoms with E-state index in [9.17, 15) is 9.59 Å². The highest BCUT2D eigenvalue weighted by Gasteiger charge is 2.22. The highest BCUT2D eigenvalue weighted by Crippen LogP contribution is 2.15. The van der Waals surface area contributed by atoms with E-state index in [1.165, 1.54) is 10.9 Å². The van der Waals surface area contributed by atoms with E-state index in [-0.39, 0.29) is 24.2 Å². The number of likely N-dealkylation sites (tertiary alicyclic amines) is 1. The average molecular weight is 297 g/mol. The Morgan fingerprint density at radius 2 is 2.29 bits per heavy atom. The van der Waals surface area contributed by atoms with E-state index in [4.69, 9.17) is 10.2 Å². The first-order valence-electron chi connectivity index (χ1n) is 6.87. The predicted octanol–water partition coefficient (Wildman–Crippen LogP) is -0.610. The molecule has 1 aliphatic rings. The molecule has 1 aromatic rings. The lowest BCUT2D eigenvalue weighted by Crippen LogP contribution is -2.46. The zero-order valence-electron chi connectivity index (χ0n) is 11.6. The van der Waals surface area contributed by atoms with Crippen LogP contribution in [0.4, 0.5) is 4.79 Å². The van der Waals surface area contributed by atoms with E-state index in [2.05, 4.69) is 15.6 Å². The Labute approximate surface area is 121 Å². The number of carbonyl (C=O) groups excluding carboxylic acids is 1. The molecule has 1 saturated heterocycles. The van der Waals surface area contributed by atoms with Gasteiger partial charge in [-0.25, -0.2) is 14.3 Å². The van der Waals surface area contributed by atoms with Crippen molar-refractivity contribution in [2.24, 2.45) is 5.92 Å². The Kier molecular flexibility index (Phi) is 5.09. The van der Waals surface area contributed by atoms with Crippen molar-refractivity contribution in [1.29, 1.82) is 0 Å². The number of piperidine rings is 1. The van der Waals surface area contributed by atoms with E-state index in [0.29, 0.717) is 26.2 Å². The molecule has 0 radical (unpaired) electrons. The minimum absolute atomic E-state index is 0.0979. The molecule has 116 valence electrons. The molecule has 0 bridgehead atoms. The molecule has 1 unspecified atom stereocenters. The summed E-state index contributed by atoms with van der Waals surface area (Å²) in [4.78, 5) is 24.3. The summed E-state index contributed by atoms with van der Waals surface area (Å²) in [5, 5.41) is 27.8. The van der Waals surface area contributed by atoms with Crippen LogP contribution in [0.2, 0.25) is 0 Å². The van der Waals surface area contributed by atoms with Gasteiger partial charge in [0.2, 0.25) is 0 Å². The molecule has 1 fully saturated rings. The topological polar surface area (TPSA) is 121 Å². The first kappa shape index (κ1) is 15.2. The number of nitrogens with zero attached hydrogens (tertiary/aromatic N) is 4. The lowest BCUT2D eigenvalue weighted by Gasteiger charge is -2.31. The van der Waals surface area contributed by atoms with Crippen LogP contribution in [0.1, 0.15) is 23.3 Å². The molecule has 9 nitrogen and oxygen atoms in total. The lowest BCUT2D eigenvalue weighted by molar-refractivity contribution is 0.0690. The van der Waals surface area contributed by atoms with Gasteiger partial charge in [-0.1, -0.05) is 5.21 Å². The van der Waals surface area contributed by atoms with Crippen molar-refractivity contribution in [3.8, 4) is 0 Å². The van der Waals surface area contributed by atoms with Crippen LogP contribution in [0.3, 0.4) is 0 Å². The number of aliphatic hydroxyl groups excluding tert-OH is 1. The number of aliphatic hydroxyl groups is 1. The Morgan fingerprint density at radius 1 is 1.48 bits per heavy atom. The van der Waals surface area contributed by atoms with Crippen LogP contribution >= 0.6 is 0 Å². The maximum atomic E-state index is 12.0. The van der Waals surface area contributed by atoms with Crippen molar-refractivity contribution in [3.05, 3.63) is 11.9 Å². The molecule has 1 aliphatic heterocycles. The number of carboxylic acid groups (broad SMARTS) is 1. The highest BCUT2D eigenvalue weighted by atomic mass is 16.4. The number of aromatic carboxylic acids is 1. The number of aromatic nitrogens is 3. The molecule has 0 aromatic carbocycles. The van der Waals surface area contributed by atoms with Gasteiger partial charge in [0.1, 0.15) is 0 Å². The first-order chi connectivity index (χ1) is 10.1. The summed E-state index contributed by atoms with van der Waals surface area (Å²) in [5.74, 6) is -0.980. The van der Waals surface area contributed by atoms with Crippen LogP contribution in [0.5, 0.6) is 0 Å². The standard InChI is InChI=1S/C12H19N5O4/c18-8-9-2-1-4-16(6-9)12(21)13-3-5-17-7-10(11(19)20)14-15-17/h7,9,18H,1-6,8H2,(H,13,21)(H,19,20). The average Bonchev–Trinajstić information content (AvgIpc) is 2.96. The minimum Gasteiger partial charge on any atom is -0.476 e. The second-order valence-electron chi connectivity index (χ2n) is 5.04. The van der Waals surface area contributed by atoms with Crippen LogP contribution in [0, 0.1) is 5.92 Å². The third-order valence-corrected chi connectivity index (χ3v) is 3.44. The fourth-order valence-corrected chi connectivity index (χ4v) is 2.29. The Morgan fingerprint density at radius 3 is 2.95 bits per heavy atom. The number of hydrogen-bond acceptors (Lipinski definition) is 5. The smallest absolute Gasteiger partial charge is 0.358 e. The minimum atomic E-state index is -1.13. The molecule has 0 spiro atoms. The third kappa shape index (κ3) is 4.15. The second kappa shape index (κ2) is 7.02. The van der Waals surface area contributed by atoms with E-state index < -0.39 is 5.97 Å². The van der Waals surface area contributed by atoms with Gasteiger partial charge in [0, 0.05) is 26.2 Å². The van der Waals surface area contributed by atoms with Crippen LogP contribution < -0.4 is 5.32 Å². The lowest BCUT2D eigenvalue weighted by atomic mass is 9.99. The molecule has 0 aliphatic carbocycles. The zero-order chi connectivity index (χ0) is 15.2. The summed E-state index contributed by atoms with van der Waals surface area (Å²) >= 11 is 0. The number of urea groups is 1. The van der Waals surface area contributed by atoms with E-state index >= 15 is 0 Å². The fraction of sp³-hybridized carbons (Fsp3) is 0.667. The van der Waals surface area contributed by atoms with Gasteiger partial charge in [-0.2, -0.15) is 0 Å². The van der Waals surface area contributed by atoms with Crippen molar-refractivity contribution in [1.82, 2.24) is 25.2 Å². The number of nitrogens with one attached hydrogen (secondary N) is 1. The fourth-order valence-electron chi connectivity index (χ4n) is 2.29. The van der Waals surface area contributed by atoms with Gasteiger partial charge < -0.3 is 20.4 Å². The van der Waals surface area contributed by atoms with Gasteiger partial charge >= 0.3 is 12.0 Å². The van der Waals surface area contributed by atoms with Crippen LogP contribution in [0.25, 0.3) is 0 Å². The largest absolute Gasteiger partial charge is 0.476 e. The maximum Gasteiger partial charge on any atom is 0.358 e. The molecule has 3 N–H and O–H groups in total. The van der Waals surface area contributed by atoms with Crippen molar-refractivity contribution >= 4 is 12.0 Å². The number of rotatable bonds is 5. The number of amides is 2. The van der Waals surface area contributed by atoms with Gasteiger partial charge in [-0.05, 0) is 18.8 Å². The van der Waals surface area contributed by atoms with Gasteiger partial charge in [0.25, 0.3) is 0 Å². The zero-order valence-corrected chi connectivity index (χ0v) is 11.6. The molecule has 2 amide bonds. The third-order valence-electron chi connectivity index (χ3n) is 3.44. The van der Waals surface area contributed by atoms with Crippen LogP contribution in [-0.2, 0) is 6.54 Å². The summed E-state index contributed by atoms with van der Waals surface area (Å²) in [6, 6.07) is -0.174. The summed E-state index contributed by atoms with van der Waals surface area (Å²) in [7, 11) is 0. The molecule has 0 saturated carbocycles. The Bertz CT molecular complexity index is 504. The maximum absolute atomic E-state index is 12.0. The Hall–Kier alpha value is -2.16. The highest BCUT2D eigenvalue weighted by molar-refractivity contribution is 5.84. The number of carboxylic acids is 1. The molecule has 21 heavy (non-hydrogen) atoms. The summed E-state index contributed by atoms with van der Waals surface area (Å²) in [6.07, 6.45) is 3.15. The number of carbonyl (C=O) groups is 2. The van der Waals surface area contributed by atoms with Gasteiger partial charge in [0.05, 0.1) is 12.7 Å². The normalized spacial score (nSPS) is 18.5. The quantitative estimate of drug-likeness (QED) is 0.667. The monoisotopic (exact) mass is 297 g/mol. The van der Waals surface area contributed by atoms with Crippen molar-refractivity contribution in [2.75, 3.05) is 26.2 Å². The van der Waals surface area contributed by atoms with Crippen molar-refractivity contribution in [2.45, 2.75) is 19.4 Å². The molecular formula is C12H19N5O4. The van der Waals surface area contributed by atoms with Crippen molar-refractivity contribution in [3.63, 3.8) is 0 Å². The molecule has 1 aromatic heterocycles. The Balaban J connectivity index is 1.74. The second-order valence-corrected chi connectivity index (χ2v) is 5.04. The van der Waals surface area contributed by atoms with Crippen molar-refractivity contribution < 1.29 is 19.8 Å². The first-order valence-corrected chi connectivity index (χ1v) is 6.87. The van der Waals surface area contributed by atoms with E-state index in [0.717, 1.165) is 12.8 Å². The molecule has 2 heterocycles. The van der Waals surface area contributed by atoms with Crippen LogP contribution in [-0.4, -0.2) is 68.3 Å². The predicted molar refractivity (Wildman–Crippen MR) is 71.8 cm³/mol. The van der Waals surface area contributed by atoms with Gasteiger partial charge in [0.15, 0.2) is 5.69 Å². The van der Waals surface area contributed by atoms with E-state index in [1.54, 1.807) is 4.90 Å². The summed E-state index contributed by atoms with van der Waals surface area (Å²) < 4.78 is 1.37. The SMILES string of the molecule is O=C(O)c1cn(CCNC(=O)N2CCCC(CO)C2)nn1. The van der Waals surface area contributed by atoms with Gasteiger partial charge in [-0.15, -0.1) is 5.10 Å². The van der Waals surface area contributed by atoms with Gasteiger partial charge in [-0.3, -0.25) is 0 Å². The molecule has 2 rings (SSSR count). The summed E-state index contributed by atoms with van der Waals surface area (Å²) in [6.45, 7) is 2.04. The molecular weight excluding hydrogens is 278 g/mol. The number of hydrogen-bond donors (Lipinski definition) is 3.